The number of carbonyl (C=O) groups is 1. The fraction of sp³-hybridized carbons (Fsp3) is 0.412. The number of hydrogen-bond donors (Lipinski definition) is 2. The summed E-state index contributed by atoms with van der Waals surface area (Å²) in [5.74, 6) is 1.43. The Balaban J connectivity index is 1.57. The molecule has 3 rings (SSSR count). The van der Waals surface area contributed by atoms with Crippen LogP contribution in [0.2, 0.25) is 0 Å². The van der Waals surface area contributed by atoms with E-state index in [-0.39, 0.29) is 5.91 Å². The van der Waals surface area contributed by atoms with Crippen molar-refractivity contribution in [2.45, 2.75) is 25.4 Å². The zero-order valence-electron chi connectivity index (χ0n) is 13.0. The molecular weight excluding hydrogens is 328 g/mol. The number of thioether (sulfide) groups is 1. The molecule has 1 aliphatic rings. The van der Waals surface area contributed by atoms with Crippen LogP contribution in [0.5, 0.6) is 0 Å². The minimum atomic E-state index is -0.763. The number of thiazole rings is 1. The topological polar surface area (TPSA) is 62.2 Å². The summed E-state index contributed by atoms with van der Waals surface area (Å²) in [7, 11) is 0. The monoisotopic (exact) mass is 348 g/mol. The Morgan fingerprint density at radius 2 is 2.17 bits per heavy atom. The van der Waals surface area contributed by atoms with Crippen LogP contribution in [0.25, 0.3) is 0 Å². The number of rotatable bonds is 5. The smallest absolute Gasteiger partial charge is 0.270 e. The van der Waals surface area contributed by atoms with Crippen molar-refractivity contribution in [1.29, 1.82) is 0 Å². The first-order chi connectivity index (χ1) is 11.0. The Hall–Kier alpha value is -1.37. The summed E-state index contributed by atoms with van der Waals surface area (Å²) in [5, 5.41) is 15.8. The predicted octanol–water partition coefficient (Wildman–Crippen LogP) is 2.64. The summed E-state index contributed by atoms with van der Waals surface area (Å²) in [6.07, 6.45) is 1.46. The van der Waals surface area contributed by atoms with Crippen LogP contribution in [0.1, 0.15) is 33.0 Å². The van der Waals surface area contributed by atoms with Crippen molar-refractivity contribution in [3.8, 4) is 0 Å². The van der Waals surface area contributed by atoms with E-state index in [0.29, 0.717) is 18.0 Å². The normalized spacial score (nSPS) is 20.6. The van der Waals surface area contributed by atoms with Gasteiger partial charge in [0.25, 0.3) is 5.91 Å². The second-order valence-electron chi connectivity index (χ2n) is 6.00. The van der Waals surface area contributed by atoms with Crippen LogP contribution in [0.3, 0.4) is 0 Å². The van der Waals surface area contributed by atoms with E-state index in [4.69, 9.17) is 0 Å². The molecule has 1 aromatic carbocycles. The number of aromatic nitrogens is 1. The first-order valence-electron chi connectivity index (χ1n) is 7.62. The van der Waals surface area contributed by atoms with Crippen molar-refractivity contribution >= 4 is 29.0 Å². The molecule has 122 valence electrons. The molecule has 0 bridgehead atoms. The lowest BCUT2D eigenvalue weighted by molar-refractivity contribution is 0.0611. The second kappa shape index (κ2) is 7.03. The van der Waals surface area contributed by atoms with E-state index < -0.39 is 5.60 Å². The molecule has 1 unspecified atom stereocenters. The highest BCUT2D eigenvalue weighted by Crippen LogP contribution is 2.27. The molecular formula is C17H20N2O2S2. The van der Waals surface area contributed by atoms with Gasteiger partial charge in [-0.15, -0.1) is 11.3 Å². The predicted molar refractivity (Wildman–Crippen MR) is 95.3 cm³/mol. The van der Waals surface area contributed by atoms with Crippen molar-refractivity contribution in [2.75, 3.05) is 18.1 Å². The number of aliphatic hydroxyl groups is 1. The Bertz CT molecular complexity index is 676. The van der Waals surface area contributed by atoms with Gasteiger partial charge < -0.3 is 10.4 Å². The van der Waals surface area contributed by atoms with Crippen LogP contribution in [0.15, 0.2) is 29.6 Å². The molecule has 2 heterocycles. The zero-order chi connectivity index (χ0) is 16.3. The van der Waals surface area contributed by atoms with E-state index in [1.165, 1.54) is 22.5 Å². The molecule has 2 N–H and O–H groups in total. The van der Waals surface area contributed by atoms with Crippen molar-refractivity contribution in [1.82, 2.24) is 10.3 Å². The van der Waals surface area contributed by atoms with Crippen molar-refractivity contribution in [2.24, 2.45) is 0 Å². The van der Waals surface area contributed by atoms with Gasteiger partial charge in [0.2, 0.25) is 0 Å². The Morgan fingerprint density at radius 1 is 1.39 bits per heavy atom. The SMILES string of the molecule is Cc1ccc(Cc2nc(C(=O)NCC3(O)CCSC3)cs2)cc1. The average molecular weight is 348 g/mol. The number of aryl methyl sites for hydroxylation is 1. The third kappa shape index (κ3) is 4.34. The summed E-state index contributed by atoms with van der Waals surface area (Å²) in [5.41, 5.74) is 2.10. The minimum Gasteiger partial charge on any atom is -0.387 e. The standard InChI is InChI=1S/C17H20N2O2S2/c1-12-2-4-13(5-3-12)8-15-19-14(9-23-15)16(20)18-10-17(21)6-7-22-11-17/h2-5,9,21H,6-8,10-11H2,1H3,(H,18,20). The molecule has 1 aliphatic heterocycles. The third-order valence-corrected chi connectivity index (χ3v) is 6.00. The fourth-order valence-corrected chi connectivity index (χ4v) is 4.55. The molecule has 2 aromatic rings. The maximum Gasteiger partial charge on any atom is 0.270 e. The Kier molecular flexibility index (Phi) is 5.04. The van der Waals surface area contributed by atoms with Crippen molar-refractivity contribution in [3.63, 3.8) is 0 Å². The van der Waals surface area contributed by atoms with Gasteiger partial charge in [0, 0.05) is 24.1 Å². The molecule has 1 amide bonds. The van der Waals surface area contributed by atoms with E-state index in [1.54, 1.807) is 17.1 Å². The molecule has 23 heavy (non-hydrogen) atoms. The summed E-state index contributed by atoms with van der Waals surface area (Å²) < 4.78 is 0. The molecule has 1 saturated heterocycles. The van der Waals surface area contributed by atoms with E-state index in [1.807, 2.05) is 0 Å². The number of hydrogen-bond acceptors (Lipinski definition) is 5. The van der Waals surface area contributed by atoms with Gasteiger partial charge in [0.15, 0.2) is 0 Å². The number of benzene rings is 1. The number of amides is 1. The van der Waals surface area contributed by atoms with Crippen LogP contribution in [0.4, 0.5) is 0 Å². The van der Waals surface area contributed by atoms with Gasteiger partial charge in [-0.05, 0) is 24.7 Å². The third-order valence-electron chi connectivity index (χ3n) is 3.92. The van der Waals surface area contributed by atoms with E-state index in [9.17, 15) is 9.90 Å². The van der Waals surface area contributed by atoms with Crippen LogP contribution in [-0.2, 0) is 6.42 Å². The highest BCUT2D eigenvalue weighted by atomic mass is 32.2. The lowest BCUT2D eigenvalue weighted by Crippen LogP contribution is -2.43. The average Bonchev–Trinajstić information content (AvgIpc) is 3.17. The van der Waals surface area contributed by atoms with Gasteiger partial charge in [-0.25, -0.2) is 4.98 Å². The first kappa shape index (κ1) is 16.5. The number of nitrogens with zero attached hydrogens (tertiary/aromatic N) is 1. The first-order valence-corrected chi connectivity index (χ1v) is 9.66. The molecule has 0 aliphatic carbocycles. The fourth-order valence-electron chi connectivity index (χ4n) is 2.45. The minimum absolute atomic E-state index is 0.207. The van der Waals surface area contributed by atoms with Crippen molar-refractivity contribution in [3.05, 3.63) is 51.5 Å². The van der Waals surface area contributed by atoms with E-state index in [0.717, 1.165) is 23.6 Å². The highest BCUT2D eigenvalue weighted by molar-refractivity contribution is 7.99. The van der Waals surface area contributed by atoms with Gasteiger partial charge in [-0.2, -0.15) is 11.8 Å². The van der Waals surface area contributed by atoms with Crippen LogP contribution in [-0.4, -0.2) is 39.6 Å². The van der Waals surface area contributed by atoms with Crippen LogP contribution in [0, 0.1) is 6.92 Å². The molecule has 0 spiro atoms. The summed E-state index contributed by atoms with van der Waals surface area (Å²) >= 11 is 3.22. The van der Waals surface area contributed by atoms with Gasteiger partial charge in [0.05, 0.1) is 10.6 Å². The van der Waals surface area contributed by atoms with Crippen molar-refractivity contribution < 1.29 is 9.90 Å². The Morgan fingerprint density at radius 3 is 2.87 bits per heavy atom. The quantitative estimate of drug-likeness (QED) is 0.872. The molecule has 1 fully saturated rings. The number of carbonyl (C=O) groups excluding carboxylic acids is 1. The molecule has 6 heteroatoms. The Labute approximate surface area is 144 Å². The largest absolute Gasteiger partial charge is 0.387 e. The van der Waals surface area contributed by atoms with Gasteiger partial charge in [0.1, 0.15) is 5.69 Å². The summed E-state index contributed by atoms with van der Waals surface area (Å²) in [6, 6.07) is 8.33. The lowest BCUT2D eigenvalue weighted by atomic mass is 10.0. The maximum atomic E-state index is 12.2. The van der Waals surface area contributed by atoms with Crippen LogP contribution >= 0.6 is 23.1 Å². The zero-order valence-corrected chi connectivity index (χ0v) is 14.7. The van der Waals surface area contributed by atoms with E-state index in [2.05, 4.69) is 41.5 Å². The van der Waals surface area contributed by atoms with Crippen LogP contribution < -0.4 is 5.32 Å². The molecule has 0 saturated carbocycles. The lowest BCUT2D eigenvalue weighted by Gasteiger charge is -2.21. The van der Waals surface area contributed by atoms with E-state index >= 15 is 0 Å². The highest BCUT2D eigenvalue weighted by Gasteiger charge is 2.32. The van der Waals surface area contributed by atoms with Gasteiger partial charge in [-0.1, -0.05) is 29.8 Å². The van der Waals surface area contributed by atoms with Gasteiger partial charge in [-0.3, -0.25) is 4.79 Å². The maximum absolute atomic E-state index is 12.2. The molecule has 0 radical (unpaired) electrons. The van der Waals surface area contributed by atoms with Gasteiger partial charge >= 0.3 is 0 Å². The molecule has 1 atom stereocenters. The summed E-state index contributed by atoms with van der Waals surface area (Å²) in [4.78, 5) is 16.6. The molecule has 4 nitrogen and oxygen atoms in total. The molecule has 1 aromatic heterocycles. The number of nitrogens with one attached hydrogen (secondary N) is 1. The second-order valence-corrected chi connectivity index (χ2v) is 8.05. The summed E-state index contributed by atoms with van der Waals surface area (Å²) in [6.45, 7) is 2.36.